The Morgan fingerprint density at radius 3 is 2.56 bits per heavy atom. The average molecular weight is 227 g/mol. The normalized spacial score (nSPS) is 13.4. The monoisotopic (exact) mass is 227 g/mol. The van der Waals surface area contributed by atoms with E-state index in [-0.39, 0.29) is 5.91 Å². The summed E-state index contributed by atoms with van der Waals surface area (Å²) in [6.45, 7) is 4.04. The number of amides is 2. The Kier molecular flexibility index (Phi) is 6.71. The molecule has 2 unspecified atom stereocenters. The number of hydrogen-bond acceptors (Lipinski definition) is 3. The summed E-state index contributed by atoms with van der Waals surface area (Å²) in [5.41, 5.74) is 13.1. The summed E-state index contributed by atoms with van der Waals surface area (Å²) < 4.78 is 0. The second-order valence-corrected chi connectivity index (χ2v) is 3.58. The zero-order chi connectivity index (χ0) is 12.6. The molecule has 0 aliphatic carbocycles. The molecule has 3 N–H and O–H groups in total. The van der Waals surface area contributed by atoms with Gasteiger partial charge >= 0.3 is 0 Å². The molecule has 2 amide bonds. The molecule has 0 rings (SSSR count). The summed E-state index contributed by atoms with van der Waals surface area (Å²) >= 11 is 0. The lowest BCUT2D eigenvalue weighted by atomic mass is 9.94. The van der Waals surface area contributed by atoms with Gasteiger partial charge in [0.15, 0.2) is 0 Å². The number of primary amides is 1. The molecule has 0 radical (unpaired) electrons. The molecule has 0 saturated heterocycles. The fraction of sp³-hybridized carbons (Fsp3) is 0.778. The highest BCUT2D eigenvalue weighted by molar-refractivity contribution is 5.86. The minimum absolute atomic E-state index is 0.216. The van der Waals surface area contributed by atoms with Gasteiger partial charge in [0.05, 0.1) is 0 Å². The van der Waals surface area contributed by atoms with E-state index >= 15 is 0 Å². The molecule has 0 aromatic carbocycles. The van der Waals surface area contributed by atoms with E-state index in [0.29, 0.717) is 19.5 Å². The van der Waals surface area contributed by atoms with Gasteiger partial charge in [-0.3, -0.25) is 9.59 Å². The van der Waals surface area contributed by atoms with Crippen molar-refractivity contribution in [3.63, 3.8) is 0 Å². The topological polar surface area (TPSA) is 121 Å². The third-order valence-corrected chi connectivity index (χ3v) is 2.41. The average Bonchev–Trinajstić information content (AvgIpc) is 2.26. The largest absolute Gasteiger partial charge is 0.369 e. The molecule has 16 heavy (non-hydrogen) atoms. The number of rotatable bonds is 7. The highest BCUT2D eigenvalue weighted by atomic mass is 16.2. The van der Waals surface area contributed by atoms with Crippen LogP contribution in [0.2, 0.25) is 0 Å². The van der Waals surface area contributed by atoms with Crippen LogP contribution in [0.15, 0.2) is 5.11 Å². The molecule has 0 aliphatic rings. The van der Waals surface area contributed by atoms with Gasteiger partial charge in [0.2, 0.25) is 11.8 Å². The Labute approximate surface area is 94.0 Å². The van der Waals surface area contributed by atoms with Crippen LogP contribution in [0.1, 0.15) is 20.3 Å². The maximum atomic E-state index is 11.5. The van der Waals surface area contributed by atoms with Crippen LogP contribution in [0.25, 0.3) is 10.4 Å². The first kappa shape index (κ1) is 14.2. The lowest BCUT2D eigenvalue weighted by Gasteiger charge is -2.16. The van der Waals surface area contributed by atoms with E-state index in [0.717, 1.165) is 0 Å². The maximum absolute atomic E-state index is 11.5. The molecule has 2 atom stereocenters. The summed E-state index contributed by atoms with van der Waals surface area (Å²) in [4.78, 5) is 24.9. The molecule has 7 heteroatoms. The first-order chi connectivity index (χ1) is 7.50. The molecule has 0 aromatic heterocycles. The molecule has 90 valence electrons. The quantitative estimate of drug-likeness (QED) is 0.286. The van der Waals surface area contributed by atoms with Crippen molar-refractivity contribution in [3.05, 3.63) is 10.4 Å². The summed E-state index contributed by atoms with van der Waals surface area (Å²) in [5.74, 6) is -1.64. The van der Waals surface area contributed by atoms with Gasteiger partial charge in [-0.1, -0.05) is 19.0 Å². The van der Waals surface area contributed by atoms with E-state index in [1.807, 2.05) is 0 Å². The molecule has 7 nitrogen and oxygen atoms in total. The molecule has 0 spiro atoms. The van der Waals surface area contributed by atoms with E-state index in [1.54, 1.807) is 13.8 Å². The molecule has 0 aromatic rings. The van der Waals surface area contributed by atoms with Crippen molar-refractivity contribution < 1.29 is 9.59 Å². The second kappa shape index (κ2) is 7.53. The predicted octanol–water partition coefficient (Wildman–Crippen LogP) is 0.560. The standard InChI is InChI=1S/C9H17N5O2/c1-6(8(10)15)7(2)9(16)12-4-3-5-13-14-11/h6-7H,3-5H2,1-2H3,(H2,10,15)(H,12,16). The first-order valence-corrected chi connectivity index (χ1v) is 5.08. The van der Waals surface area contributed by atoms with E-state index in [4.69, 9.17) is 11.3 Å². The van der Waals surface area contributed by atoms with Gasteiger partial charge in [-0.05, 0) is 12.0 Å². The van der Waals surface area contributed by atoms with Gasteiger partial charge < -0.3 is 11.1 Å². The van der Waals surface area contributed by atoms with E-state index < -0.39 is 17.7 Å². The third kappa shape index (κ3) is 5.21. The van der Waals surface area contributed by atoms with Crippen LogP contribution in [0, 0.1) is 11.8 Å². The Bertz CT molecular complexity index is 298. The van der Waals surface area contributed by atoms with Crippen molar-refractivity contribution in [3.8, 4) is 0 Å². The van der Waals surface area contributed by atoms with Crippen molar-refractivity contribution in [2.75, 3.05) is 13.1 Å². The predicted molar refractivity (Wildman–Crippen MR) is 59.2 cm³/mol. The lowest BCUT2D eigenvalue weighted by Crippen LogP contribution is -2.38. The lowest BCUT2D eigenvalue weighted by molar-refractivity contribution is -0.132. The van der Waals surface area contributed by atoms with Crippen molar-refractivity contribution >= 4 is 11.8 Å². The molecular weight excluding hydrogens is 210 g/mol. The number of nitrogens with two attached hydrogens (primary N) is 1. The summed E-state index contributed by atoms with van der Waals surface area (Å²) in [6.07, 6.45) is 0.577. The number of carbonyl (C=O) groups is 2. The van der Waals surface area contributed by atoms with Crippen LogP contribution in [-0.4, -0.2) is 24.9 Å². The minimum atomic E-state index is -0.489. The molecule has 0 saturated carbocycles. The van der Waals surface area contributed by atoms with E-state index in [1.165, 1.54) is 0 Å². The van der Waals surface area contributed by atoms with E-state index in [9.17, 15) is 9.59 Å². The first-order valence-electron chi connectivity index (χ1n) is 5.08. The van der Waals surface area contributed by atoms with Gasteiger partial charge in [-0.25, -0.2) is 0 Å². The smallest absolute Gasteiger partial charge is 0.223 e. The van der Waals surface area contributed by atoms with Gasteiger partial charge in [0.1, 0.15) is 0 Å². The number of carbonyl (C=O) groups excluding carboxylic acids is 2. The van der Waals surface area contributed by atoms with Gasteiger partial charge in [-0.15, -0.1) is 0 Å². The van der Waals surface area contributed by atoms with Crippen molar-refractivity contribution in [2.24, 2.45) is 22.7 Å². The second-order valence-electron chi connectivity index (χ2n) is 3.58. The summed E-state index contributed by atoms with van der Waals surface area (Å²) in [6, 6.07) is 0. The summed E-state index contributed by atoms with van der Waals surface area (Å²) in [5, 5.41) is 5.98. The number of nitrogens with zero attached hydrogens (tertiary/aromatic N) is 3. The Morgan fingerprint density at radius 1 is 1.44 bits per heavy atom. The fourth-order valence-corrected chi connectivity index (χ4v) is 1.04. The Morgan fingerprint density at radius 2 is 2.06 bits per heavy atom. The van der Waals surface area contributed by atoms with E-state index in [2.05, 4.69) is 15.3 Å². The molecule has 0 aliphatic heterocycles. The Hall–Kier alpha value is -1.75. The van der Waals surface area contributed by atoms with Crippen LogP contribution in [0.3, 0.4) is 0 Å². The van der Waals surface area contributed by atoms with Crippen LogP contribution < -0.4 is 11.1 Å². The number of azide groups is 1. The molecule has 0 fully saturated rings. The summed E-state index contributed by atoms with van der Waals surface area (Å²) in [7, 11) is 0. The fourth-order valence-electron chi connectivity index (χ4n) is 1.04. The highest BCUT2D eigenvalue weighted by Crippen LogP contribution is 2.09. The van der Waals surface area contributed by atoms with Crippen LogP contribution in [0.4, 0.5) is 0 Å². The van der Waals surface area contributed by atoms with Gasteiger partial charge in [-0.2, -0.15) is 0 Å². The van der Waals surface area contributed by atoms with Crippen molar-refractivity contribution in [2.45, 2.75) is 20.3 Å². The maximum Gasteiger partial charge on any atom is 0.223 e. The Balaban J connectivity index is 3.88. The van der Waals surface area contributed by atoms with Crippen LogP contribution in [0.5, 0.6) is 0 Å². The molecular formula is C9H17N5O2. The molecule has 0 heterocycles. The van der Waals surface area contributed by atoms with Crippen LogP contribution >= 0.6 is 0 Å². The van der Waals surface area contributed by atoms with Gasteiger partial charge in [0, 0.05) is 29.8 Å². The highest BCUT2D eigenvalue weighted by Gasteiger charge is 2.23. The molecule has 0 bridgehead atoms. The van der Waals surface area contributed by atoms with Crippen molar-refractivity contribution in [1.29, 1.82) is 0 Å². The van der Waals surface area contributed by atoms with Crippen molar-refractivity contribution in [1.82, 2.24) is 5.32 Å². The zero-order valence-corrected chi connectivity index (χ0v) is 9.51. The van der Waals surface area contributed by atoms with Gasteiger partial charge in [0.25, 0.3) is 0 Å². The SMILES string of the molecule is CC(C(N)=O)C(C)C(=O)NCCCN=[N+]=[N-]. The minimum Gasteiger partial charge on any atom is -0.369 e. The number of hydrogen-bond donors (Lipinski definition) is 2. The van der Waals surface area contributed by atoms with Crippen LogP contribution in [-0.2, 0) is 9.59 Å². The third-order valence-electron chi connectivity index (χ3n) is 2.41. The number of nitrogens with one attached hydrogen (secondary N) is 1. The zero-order valence-electron chi connectivity index (χ0n) is 9.51.